The van der Waals surface area contributed by atoms with Crippen LogP contribution in [0.1, 0.15) is 31.4 Å². The molecule has 4 N–H and O–H groups in total. The van der Waals surface area contributed by atoms with Crippen LogP contribution in [-0.2, 0) is 23.1 Å². The lowest BCUT2D eigenvalue weighted by atomic mass is 10.1. The monoisotopic (exact) mass is 431 g/mol. The van der Waals surface area contributed by atoms with E-state index in [1.807, 2.05) is 13.0 Å². The topological polar surface area (TPSA) is 99.8 Å². The summed E-state index contributed by atoms with van der Waals surface area (Å²) in [5, 5.41) is 11.7. The van der Waals surface area contributed by atoms with Crippen molar-refractivity contribution in [1.29, 1.82) is 0 Å². The van der Waals surface area contributed by atoms with Gasteiger partial charge in [0.2, 0.25) is 10.0 Å². The molecule has 0 radical (unpaired) electrons. The van der Waals surface area contributed by atoms with Gasteiger partial charge in [-0.2, -0.15) is 0 Å². The Bertz CT molecular complexity index is 899. The summed E-state index contributed by atoms with van der Waals surface area (Å²) in [6.07, 6.45) is 0.983. The number of nitrogens with two attached hydrogens (primary N) is 1. The van der Waals surface area contributed by atoms with Crippen LogP contribution < -0.4 is 15.8 Å². The molecule has 7 nitrogen and oxygen atoms in total. The molecule has 1 atom stereocenters. The second-order valence-corrected chi connectivity index (χ2v) is 8.91. The van der Waals surface area contributed by atoms with Crippen LogP contribution in [0.3, 0.4) is 0 Å². The van der Waals surface area contributed by atoms with Gasteiger partial charge in [-0.15, -0.1) is 0 Å². The zero-order chi connectivity index (χ0) is 22.0. The van der Waals surface area contributed by atoms with Crippen LogP contribution in [0, 0.1) is 0 Å². The van der Waals surface area contributed by atoms with Gasteiger partial charge in [-0.1, -0.05) is 42.5 Å². The van der Waals surface area contributed by atoms with Crippen molar-refractivity contribution in [3.8, 4) is 0 Å². The fourth-order valence-electron chi connectivity index (χ4n) is 2.94. The van der Waals surface area contributed by atoms with E-state index in [-0.39, 0.29) is 4.90 Å². The fraction of sp³-hybridized carbons (Fsp3) is 0.409. The minimum atomic E-state index is -3.67. The lowest BCUT2D eigenvalue weighted by molar-refractivity contribution is 0.238. The van der Waals surface area contributed by atoms with Gasteiger partial charge in [-0.3, -0.25) is 4.90 Å². The molecule has 0 bridgehead atoms. The Labute approximate surface area is 180 Å². The summed E-state index contributed by atoms with van der Waals surface area (Å²) in [7, 11) is -1.53. The van der Waals surface area contributed by atoms with Crippen molar-refractivity contribution in [2.45, 2.75) is 44.3 Å². The maximum atomic E-state index is 11.3. The maximum Gasteiger partial charge on any atom is 0.238 e. The molecule has 8 heteroatoms. The molecule has 0 fully saturated rings. The second-order valence-electron chi connectivity index (χ2n) is 7.35. The molecule has 1 unspecified atom stereocenters. The summed E-state index contributed by atoms with van der Waals surface area (Å²) in [6, 6.07) is 17.4. The second kappa shape index (κ2) is 11.7. The highest BCUT2D eigenvalue weighted by Crippen LogP contribution is 2.10. The molecule has 0 saturated heterocycles. The van der Waals surface area contributed by atoms with Gasteiger partial charge in [0.25, 0.3) is 0 Å². The van der Waals surface area contributed by atoms with E-state index in [2.05, 4.69) is 58.8 Å². The normalized spacial score (nSPS) is 13.3. The average molecular weight is 432 g/mol. The number of sulfonamides is 1. The Morgan fingerprint density at radius 1 is 1.07 bits per heavy atom. The number of primary sulfonamides is 1. The molecule has 2 aromatic carbocycles. The van der Waals surface area contributed by atoms with Gasteiger partial charge in [0.15, 0.2) is 5.96 Å². The van der Waals surface area contributed by atoms with E-state index in [1.54, 1.807) is 12.1 Å². The first kappa shape index (κ1) is 23.9. The summed E-state index contributed by atoms with van der Waals surface area (Å²) >= 11 is 0. The summed E-state index contributed by atoms with van der Waals surface area (Å²) in [4.78, 5) is 7.03. The SMILES string of the molecule is CCNC(=NCc1ccc(S(N)(=O)=O)cc1)NCCC(C)N(C)Cc1ccccc1. The van der Waals surface area contributed by atoms with E-state index in [4.69, 9.17) is 5.14 Å². The van der Waals surface area contributed by atoms with Crippen molar-refractivity contribution in [2.75, 3.05) is 20.1 Å². The molecule has 0 amide bonds. The van der Waals surface area contributed by atoms with Crippen LogP contribution in [0.15, 0.2) is 64.5 Å². The Balaban J connectivity index is 1.84. The fourth-order valence-corrected chi connectivity index (χ4v) is 3.46. The molecule has 0 spiro atoms. The van der Waals surface area contributed by atoms with E-state index in [9.17, 15) is 8.42 Å². The first-order valence-corrected chi connectivity index (χ1v) is 11.7. The Morgan fingerprint density at radius 2 is 1.73 bits per heavy atom. The molecule has 0 aliphatic heterocycles. The van der Waals surface area contributed by atoms with Crippen molar-refractivity contribution >= 4 is 16.0 Å². The van der Waals surface area contributed by atoms with Crippen molar-refractivity contribution in [3.05, 3.63) is 65.7 Å². The molecule has 0 aliphatic carbocycles. The molecule has 0 heterocycles. The van der Waals surface area contributed by atoms with Crippen molar-refractivity contribution < 1.29 is 8.42 Å². The van der Waals surface area contributed by atoms with Crippen LogP contribution in [0.5, 0.6) is 0 Å². The van der Waals surface area contributed by atoms with Gasteiger partial charge in [0.1, 0.15) is 0 Å². The Morgan fingerprint density at radius 3 is 2.33 bits per heavy atom. The summed E-state index contributed by atoms with van der Waals surface area (Å²) in [5.74, 6) is 0.742. The predicted molar refractivity (Wildman–Crippen MR) is 123 cm³/mol. The Kier molecular flexibility index (Phi) is 9.29. The van der Waals surface area contributed by atoms with Crippen LogP contribution in [0.25, 0.3) is 0 Å². The van der Waals surface area contributed by atoms with E-state index in [1.165, 1.54) is 17.7 Å². The zero-order valence-electron chi connectivity index (χ0n) is 18.0. The van der Waals surface area contributed by atoms with Crippen LogP contribution in [0.2, 0.25) is 0 Å². The third-order valence-corrected chi connectivity index (χ3v) is 5.83. The highest BCUT2D eigenvalue weighted by atomic mass is 32.2. The van der Waals surface area contributed by atoms with Crippen molar-refractivity contribution in [2.24, 2.45) is 10.1 Å². The third kappa shape index (κ3) is 8.14. The van der Waals surface area contributed by atoms with Crippen LogP contribution in [-0.4, -0.2) is 45.5 Å². The molecule has 0 saturated carbocycles. The summed E-state index contributed by atoms with van der Waals surface area (Å²) in [5.41, 5.74) is 2.22. The molecule has 0 aromatic heterocycles. The van der Waals surface area contributed by atoms with Gasteiger partial charge < -0.3 is 10.6 Å². The molecule has 164 valence electrons. The van der Waals surface area contributed by atoms with Crippen molar-refractivity contribution in [1.82, 2.24) is 15.5 Å². The number of rotatable bonds is 10. The van der Waals surface area contributed by atoms with E-state index < -0.39 is 10.0 Å². The lowest BCUT2D eigenvalue weighted by Crippen LogP contribution is -2.40. The largest absolute Gasteiger partial charge is 0.357 e. The molecule has 30 heavy (non-hydrogen) atoms. The molecular formula is C22H33N5O2S. The highest BCUT2D eigenvalue weighted by molar-refractivity contribution is 7.89. The molecule has 0 aliphatic rings. The number of hydrogen-bond donors (Lipinski definition) is 3. The molecule has 2 rings (SSSR count). The third-order valence-electron chi connectivity index (χ3n) is 4.90. The van der Waals surface area contributed by atoms with E-state index in [0.29, 0.717) is 12.6 Å². The number of nitrogens with zero attached hydrogens (tertiary/aromatic N) is 2. The van der Waals surface area contributed by atoms with E-state index >= 15 is 0 Å². The van der Waals surface area contributed by atoms with Crippen LogP contribution in [0.4, 0.5) is 0 Å². The highest BCUT2D eigenvalue weighted by Gasteiger charge is 2.10. The summed E-state index contributed by atoms with van der Waals surface area (Å²) in [6.45, 7) is 7.18. The van der Waals surface area contributed by atoms with Gasteiger partial charge in [-0.25, -0.2) is 18.5 Å². The van der Waals surface area contributed by atoms with Crippen LogP contribution >= 0.6 is 0 Å². The quantitative estimate of drug-likeness (QED) is 0.396. The van der Waals surface area contributed by atoms with Gasteiger partial charge >= 0.3 is 0 Å². The lowest BCUT2D eigenvalue weighted by Gasteiger charge is -2.25. The van der Waals surface area contributed by atoms with E-state index in [0.717, 1.165) is 37.6 Å². The minimum absolute atomic E-state index is 0.105. The maximum absolute atomic E-state index is 11.3. The number of hydrogen-bond acceptors (Lipinski definition) is 4. The first-order chi connectivity index (χ1) is 14.3. The first-order valence-electron chi connectivity index (χ1n) is 10.2. The standard InChI is InChI=1S/C22H33N5O2S/c1-4-24-22(26-16-19-10-12-21(13-11-19)30(23,28)29)25-15-14-18(2)27(3)17-20-8-6-5-7-9-20/h5-13,18H,4,14-17H2,1-3H3,(H2,23,28,29)(H2,24,25,26). The van der Waals surface area contributed by atoms with Gasteiger partial charge in [0.05, 0.1) is 11.4 Å². The van der Waals surface area contributed by atoms with Gasteiger partial charge in [-0.05, 0) is 50.6 Å². The van der Waals surface area contributed by atoms with Crippen molar-refractivity contribution in [3.63, 3.8) is 0 Å². The number of guanidine groups is 1. The van der Waals surface area contributed by atoms with Gasteiger partial charge in [0, 0.05) is 25.7 Å². The minimum Gasteiger partial charge on any atom is -0.357 e. The molecule has 2 aromatic rings. The average Bonchev–Trinajstić information content (AvgIpc) is 2.72. The Hall–Kier alpha value is -2.42. The smallest absolute Gasteiger partial charge is 0.238 e. The number of benzene rings is 2. The predicted octanol–water partition coefficient (Wildman–Crippen LogP) is 2.30. The molecular weight excluding hydrogens is 398 g/mol. The zero-order valence-corrected chi connectivity index (χ0v) is 18.8. The summed E-state index contributed by atoms with van der Waals surface area (Å²) < 4.78 is 22.7. The number of nitrogens with one attached hydrogen (secondary N) is 2. The number of aliphatic imine (C=N–C) groups is 1.